The van der Waals surface area contributed by atoms with Gasteiger partial charge in [-0.05, 0) is 12.1 Å². The number of piperazine rings is 1. The van der Waals surface area contributed by atoms with Gasteiger partial charge in [0.05, 0.1) is 22.9 Å². The molecule has 1 aliphatic heterocycles. The van der Waals surface area contributed by atoms with E-state index in [1.165, 1.54) is 0 Å². The molecule has 0 atom stereocenters. The van der Waals surface area contributed by atoms with E-state index in [0.717, 1.165) is 49.0 Å². The summed E-state index contributed by atoms with van der Waals surface area (Å²) in [6, 6.07) is 17.6. The Bertz CT molecular complexity index is 954. The molecule has 2 aromatic carbocycles. The SMILES string of the molecule is O=C(CN1CCN(Cc2csc(-c3ccccc3)n2)CC1)Nc1ccccc1Cl. The van der Waals surface area contributed by atoms with Crippen LogP contribution in [0.2, 0.25) is 5.02 Å². The van der Waals surface area contributed by atoms with Gasteiger partial charge in [-0.15, -0.1) is 11.3 Å². The monoisotopic (exact) mass is 426 g/mol. The Hall–Kier alpha value is -2.25. The van der Waals surface area contributed by atoms with Crippen molar-refractivity contribution in [3.05, 3.63) is 70.7 Å². The van der Waals surface area contributed by atoms with Gasteiger partial charge in [-0.2, -0.15) is 0 Å². The molecule has 5 nitrogen and oxygen atoms in total. The van der Waals surface area contributed by atoms with Crippen molar-refractivity contribution in [3.63, 3.8) is 0 Å². The molecule has 150 valence electrons. The highest BCUT2D eigenvalue weighted by atomic mass is 35.5. The van der Waals surface area contributed by atoms with Gasteiger partial charge in [0.15, 0.2) is 0 Å². The van der Waals surface area contributed by atoms with Crippen LogP contribution in [0.15, 0.2) is 60.0 Å². The van der Waals surface area contributed by atoms with Gasteiger partial charge in [-0.25, -0.2) is 4.98 Å². The first-order valence-corrected chi connectivity index (χ1v) is 10.9. The number of anilines is 1. The van der Waals surface area contributed by atoms with Crippen molar-refractivity contribution in [1.29, 1.82) is 0 Å². The van der Waals surface area contributed by atoms with Crippen LogP contribution >= 0.6 is 22.9 Å². The number of nitrogens with one attached hydrogen (secondary N) is 1. The summed E-state index contributed by atoms with van der Waals surface area (Å²) in [7, 11) is 0. The summed E-state index contributed by atoms with van der Waals surface area (Å²) in [5, 5.41) is 6.66. The third kappa shape index (κ3) is 5.42. The van der Waals surface area contributed by atoms with Gasteiger partial charge in [0.1, 0.15) is 5.01 Å². The lowest BCUT2D eigenvalue weighted by Gasteiger charge is -2.33. The molecule has 1 saturated heterocycles. The minimum Gasteiger partial charge on any atom is -0.324 e. The molecule has 1 aromatic heterocycles. The van der Waals surface area contributed by atoms with Crippen LogP contribution in [-0.2, 0) is 11.3 Å². The van der Waals surface area contributed by atoms with Gasteiger partial charge in [-0.1, -0.05) is 54.1 Å². The van der Waals surface area contributed by atoms with Gasteiger partial charge in [0, 0.05) is 43.7 Å². The topological polar surface area (TPSA) is 48.5 Å². The summed E-state index contributed by atoms with van der Waals surface area (Å²) >= 11 is 7.80. The molecule has 3 aromatic rings. The predicted octanol–water partition coefficient (Wildman–Crippen LogP) is 4.22. The van der Waals surface area contributed by atoms with E-state index in [9.17, 15) is 4.79 Å². The van der Waals surface area contributed by atoms with Crippen LogP contribution in [-0.4, -0.2) is 53.4 Å². The van der Waals surface area contributed by atoms with E-state index in [4.69, 9.17) is 16.6 Å². The van der Waals surface area contributed by atoms with Crippen molar-refractivity contribution in [2.45, 2.75) is 6.54 Å². The largest absolute Gasteiger partial charge is 0.324 e. The molecule has 7 heteroatoms. The maximum Gasteiger partial charge on any atom is 0.238 e. The zero-order valence-electron chi connectivity index (χ0n) is 16.1. The number of halogens is 1. The Morgan fingerprint density at radius 1 is 1.00 bits per heavy atom. The highest BCUT2D eigenvalue weighted by Crippen LogP contribution is 2.24. The maximum absolute atomic E-state index is 12.3. The second kappa shape index (κ2) is 9.50. The average molecular weight is 427 g/mol. The van der Waals surface area contributed by atoms with E-state index in [1.807, 2.05) is 36.4 Å². The van der Waals surface area contributed by atoms with Gasteiger partial charge in [-0.3, -0.25) is 14.6 Å². The zero-order chi connectivity index (χ0) is 20.1. The number of amides is 1. The fourth-order valence-corrected chi connectivity index (χ4v) is 4.38. The number of para-hydroxylation sites is 1. The molecule has 4 rings (SSSR count). The smallest absolute Gasteiger partial charge is 0.238 e. The molecule has 0 radical (unpaired) electrons. The molecule has 0 bridgehead atoms. The number of carbonyl (C=O) groups is 1. The molecule has 1 N–H and O–H groups in total. The highest BCUT2D eigenvalue weighted by molar-refractivity contribution is 7.13. The van der Waals surface area contributed by atoms with Crippen LogP contribution in [0.25, 0.3) is 10.6 Å². The lowest BCUT2D eigenvalue weighted by molar-refractivity contribution is -0.117. The van der Waals surface area contributed by atoms with Gasteiger partial charge >= 0.3 is 0 Å². The quantitative estimate of drug-likeness (QED) is 0.641. The summed E-state index contributed by atoms with van der Waals surface area (Å²) in [5.74, 6) is -0.0291. The normalized spacial score (nSPS) is 15.3. The molecular formula is C22H23ClN4OS. The van der Waals surface area contributed by atoms with Crippen LogP contribution < -0.4 is 5.32 Å². The number of hydrogen-bond donors (Lipinski definition) is 1. The first-order valence-electron chi connectivity index (χ1n) is 9.66. The lowest BCUT2D eigenvalue weighted by atomic mass is 10.2. The van der Waals surface area contributed by atoms with Gasteiger partial charge in [0.2, 0.25) is 5.91 Å². The Balaban J connectivity index is 1.24. The number of aromatic nitrogens is 1. The summed E-state index contributed by atoms with van der Waals surface area (Å²) in [6.07, 6.45) is 0. The van der Waals surface area contributed by atoms with Crippen LogP contribution in [0.3, 0.4) is 0 Å². The van der Waals surface area contributed by atoms with Crippen LogP contribution in [0.1, 0.15) is 5.69 Å². The Morgan fingerprint density at radius 2 is 1.69 bits per heavy atom. The number of thiazole rings is 1. The lowest BCUT2D eigenvalue weighted by Crippen LogP contribution is -2.48. The maximum atomic E-state index is 12.3. The van der Waals surface area contributed by atoms with E-state index < -0.39 is 0 Å². The van der Waals surface area contributed by atoms with Gasteiger partial charge < -0.3 is 5.32 Å². The van der Waals surface area contributed by atoms with Crippen molar-refractivity contribution < 1.29 is 4.79 Å². The second-order valence-electron chi connectivity index (χ2n) is 7.09. The molecular weight excluding hydrogens is 404 g/mol. The van der Waals surface area contributed by atoms with Crippen LogP contribution in [0.5, 0.6) is 0 Å². The fourth-order valence-electron chi connectivity index (χ4n) is 3.38. The number of rotatable bonds is 6. The second-order valence-corrected chi connectivity index (χ2v) is 8.36. The number of benzene rings is 2. The third-order valence-electron chi connectivity index (χ3n) is 4.94. The standard InChI is InChI=1S/C22H23ClN4OS/c23-19-8-4-5-9-20(19)25-21(28)15-27-12-10-26(11-13-27)14-18-16-29-22(24-18)17-6-2-1-3-7-17/h1-9,16H,10-15H2,(H,25,28). The minimum absolute atomic E-state index is 0.0291. The Morgan fingerprint density at radius 3 is 2.45 bits per heavy atom. The Kier molecular flexibility index (Phi) is 6.56. The van der Waals surface area contributed by atoms with Crippen molar-refractivity contribution in [1.82, 2.24) is 14.8 Å². The van der Waals surface area contributed by atoms with E-state index in [2.05, 4.69) is 32.6 Å². The average Bonchev–Trinajstić information content (AvgIpc) is 3.20. The third-order valence-corrected chi connectivity index (χ3v) is 6.21. The predicted molar refractivity (Wildman–Crippen MR) is 119 cm³/mol. The summed E-state index contributed by atoms with van der Waals surface area (Å²) in [6.45, 7) is 4.82. The molecule has 29 heavy (non-hydrogen) atoms. The van der Waals surface area contributed by atoms with Crippen LogP contribution in [0, 0.1) is 0 Å². The molecule has 0 saturated carbocycles. The van der Waals surface area contributed by atoms with Crippen molar-refractivity contribution in [2.75, 3.05) is 38.0 Å². The number of carbonyl (C=O) groups excluding carboxylic acids is 1. The summed E-state index contributed by atoms with van der Waals surface area (Å²) in [5.41, 5.74) is 2.94. The van der Waals surface area contributed by atoms with Gasteiger partial charge in [0.25, 0.3) is 0 Å². The molecule has 1 fully saturated rings. The minimum atomic E-state index is -0.0291. The van der Waals surface area contributed by atoms with E-state index >= 15 is 0 Å². The molecule has 2 heterocycles. The Labute approximate surface area is 179 Å². The number of hydrogen-bond acceptors (Lipinski definition) is 5. The number of nitrogens with zero attached hydrogens (tertiary/aromatic N) is 3. The van der Waals surface area contributed by atoms with E-state index in [0.29, 0.717) is 17.3 Å². The molecule has 1 aliphatic rings. The van der Waals surface area contributed by atoms with Crippen molar-refractivity contribution in [3.8, 4) is 10.6 Å². The summed E-state index contributed by atoms with van der Waals surface area (Å²) in [4.78, 5) is 21.7. The first kappa shape index (κ1) is 20.0. The van der Waals surface area contributed by atoms with Crippen LogP contribution in [0.4, 0.5) is 5.69 Å². The molecule has 0 unspecified atom stereocenters. The van der Waals surface area contributed by atoms with E-state index in [1.54, 1.807) is 17.4 Å². The highest BCUT2D eigenvalue weighted by Gasteiger charge is 2.20. The summed E-state index contributed by atoms with van der Waals surface area (Å²) < 4.78 is 0. The molecule has 1 amide bonds. The van der Waals surface area contributed by atoms with E-state index in [-0.39, 0.29) is 5.91 Å². The first-order chi connectivity index (χ1) is 14.2. The van der Waals surface area contributed by atoms with Crippen molar-refractivity contribution in [2.24, 2.45) is 0 Å². The fraction of sp³-hybridized carbons (Fsp3) is 0.273. The van der Waals surface area contributed by atoms with Crippen molar-refractivity contribution >= 4 is 34.5 Å². The molecule has 0 aliphatic carbocycles. The molecule has 0 spiro atoms. The zero-order valence-corrected chi connectivity index (χ0v) is 17.6.